The van der Waals surface area contributed by atoms with Crippen LogP contribution in [0.25, 0.3) is 0 Å². The van der Waals surface area contributed by atoms with Gasteiger partial charge in [0, 0.05) is 5.56 Å². The molecule has 2 aromatic carbocycles. The zero-order valence-electron chi connectivity index (χ0n) is 19.9. The van der Waals surface area contributed by atoms with Gasteiger partial charge < -0.3 is 35.6 Å². The van der Waals surface area contributed by atoms with Crippen LogP contribution in [0.4, 0.5) is 0 Å². The highest BCUT2D eigenvalue weighted by Gasteiger charge is 2.33. The predicted octanol–water partition coefficient (Wildman–Crippen LogP) is 0.0392. The summed E-state index contributed by atoms with van der Waals surface area (Å²) in [6, 6.07) is 10.2. The summed E-state index contributed by atoms with van der Waals surface area (Å²) in [5, 5.41) is 27.7. The normalized spacial score (nSPS) is 23.2. The van der Waals surface area contributed by atoms with Crippen molar-refractivity contribution < 1.29 is 38.9 Å². The minimum absolute atomic E-state index is 0.0657. The van der Waals surface area contributed by atoms with Gasteiger partial charge in [-0.1, -0.05) is 12.1 Å². The maximum atomic E-state index is 12.8. The van der Waals surface area contributed by atoms with Gasteiger partial charge in [0.05, 0.1) is 32.2 Å². The number of phenols is 1. The van der Waals surface area contributed by atoms with E-state index in [9.17, 15) is 29.4 Å². The van der Waals surface area contributed by atoms with Crippen LogP contribution in [0.2, 0.25) is 0 Å². The number of amides is 3. The fraction of sp³-hybridized carbons (Fsp3) is 0.360. The van der Waals surface area contributed by atoms with Crippen molar-refractivity contribution in [2.75, 3.05) is 13.7 Å². The first kappa shape index (κ1) is 26.5. The minimum atomic E-state index is -1.29. The molecule has 0 bridgehead atoms. The van der Waals surface area contributed by atoms with Crippen LogP contribution in [0.3, 0.4) is 0 Å². The zero-order chi connectivity index (χ0) is 26.2. The Kier molecular flexibility index (Phi) is 8.85. The lowest BCUT2D eigenvalue weighted by molar-refractivity contribution is -0.154. The van der Waals surface area contributed by atoms with Gasteiger partial charge in [-0.15, -0.1) is 0 Å². The molecule has 0 spiro atoms. The number of rotatable bonds is 5. The van der Waals surface area contributed by atoms with Gasteiger partial charge in [-0.3, -0.25) is 19.2 Å². The Morgan fingerprint density at radius 3 is 2.42 bits per heavy atom. The molecule has 0 saturated carbocycles. The first-order chi connectivity index (χ1) is 17.2. The highest BCUT2D eigenvalue weighted by atomic mass is 16.5. The van der Waals surface area contributed by atoms with Gasteiger partial charge in [-0.2, -0.15) is 0 Å². The van der Waals surface area contributed by atoms with Gasteiger partial charge in [0.15, 0.2) is 0 Å². The van der Waals surface area contributed by atoms with Crippen molar-refractivity contribution in [3.63, 3.8) is 0 Å². The molecule has 1 heterocycles. The number of methoxy groups -OCH3 is 1. The first-order valence-electron chi connectivity index (χ1n) is 11.3. The standard InChI is InChI=1S/C25H29N3O8/c1-14-23(28-24(33)16-5-9-18(35-2)10-6-16)25(34)26-13-21(31)27-19(20(30)12-22(32)36-14)11-15-3-7-17(29)8-4-15/h3-10,14,19-20,23,29-30H,11-13H2,1-2H3,(H,26,34)(H,27,31)(H,28,33)/t14-,19+,20-,23?/m1/s1. The Morgan fingerprint density at radius 2 is 1.78 bits per heavy atom. The van der Waals surface area contributed by atoms with E-state index >= 15 is 0 Å². The summed E-state index contributed by atoms with van der Waals surface area (Å²) in [7, 11) is 1.49. The second-order valence-electron chi connectivity index (χ2n) is 8.41. The fourth-order valence-corrected chi connectivity index (χ4v) is 3.70. The van der Waals surface area contributed by atoms with Crippen LogP contribution in [-0.2, 0) is 25.5 Å². The van der Waals surface area contributed by atoms with Crippen molar-refractivity contribution in [1.82, 2.24) is 16.0 Å². The van der Waals surface area contributed by atoms with E-state index in [4.69, 9.17) is 9.47 Å². The zero-order valence-corrected chi connectivity index (χ0v) is 19.9. The third kappa shape index (κ3) is 7.19. The van der Waals surface area contributed by atoms with Gasteiger partial charge in [0.1, 0.15) is 23.6 Å². The molecule has 1 aliphatic heterocycles. The van der Waals surface area contributed by atoms with Crippen LogP contribution < -0.4 is 20.7 Å². The maximum absolute atomic E-state index is 12.8. The third-order valence-electron chi connectivity index (χ3n) is 5.71. The van der Waals surface area contributed by atoms with E-state index in [1.165, 1.54) is 38.3 Å². The summed E-state index contributed by atoms with van der Waals surface area (Å²) in [5.74, 6) is -2.10. The molecule has 11 heteroatoms. The van der Waals surface area contributed by atoms with Crippen LogP contribution in [-0.4, -0.2) is 71.9 Å². The van der Waals surface area contributed by atoms with Gasteiger partial charge in [-0.05, 0) is 55.3 Å². The summed E-state index contributed by atoms with van der Waals surface area (Å²) in [6.45, 7) is 1.01. The number of hydrogen-bond donors (Lipinski definition) is 5. The molecule has 3 amide bonds. The highest BCUT2D eigenvalue weighted by molar-refractivity contribution is 5.98. The number of aliphatic hydroxyl groups excluding tert-OH is 1. The SMILES string of the molecule is COc1ccc(C(=O)NC2C(=O)NCC(=O)N[C@@H](Cc3ccc(O)cc3)[C@H](O)CC(=O)O[C@@H]2C)cc1. The summed E-state index contributed by atoms with van der Waals surface area (Å²) in [5.41, 5.74) is 0.954. The number of carbonyl (C=O) groups excluding carboxylic acids is 4. The molecule has 192 valence electrons. The summed E-state index contributed by atoms with van der Waals surface area (Å²) in [6.07, 6.45) is -2.66. The van der Waals surface area contributed by atoms with Crippen molar-refractivity contribution in [2.45, 2.75) is 44.1 Å². The smallest absolute Gasteiger partial charge is 0.308 e. The van der Waals surface area contributed by atoms with Crippen LogP contribution >= 0.6 is 0 Å². The molecule has 1 aliphatic rings. The van der Waals surface area contributed by atoms with Crippen molar-refractivity contribution in [1.29, 1.82) is 0 Å². The average molecular weight is 500 g/mol. The molecule has 3 rings (SSSR count). The number of cyclic esters (lactones) is 1. The molecule has 0 aromatic heterocycles. The van der Waals surface area contributed by atoms with E-state index in [2.05, 4.69) is 16.0 Å². The second-order valence-corrected chi connectivity index (χ2v) is 8.41. The Labute approximate surface area is 207 Å². The number of benzene rings is 2. The summed E-state index contributed by atoms with van der Waals surface area (Å²) in [4.78, 5) is 50.6. The minimum Gasteiger partial charge on any atom is -0.508 e. The lowest BCUT2D eigenvalue weighted by Gasteiger charge is -2.28. The van der Waals surface area contributed by atoms with E-state index in [0.717, 1.165) is 0 Å². The molecule has 2 aromatic rings. The number of phenolic OH excluding ortho intramolecular Hbond substituents is 1. The second kappa shape index (κ2) is 12.0. The van der Waals surface area contributed by atoms with Crippen molar-refractivity contribution >= 4 is 23.7 Å². The molecule has 1 saturated heterocycles. The fourth-order valence-electron chi connectivity index (χ4n) is 3.70. The maximum Gasteiger partial charge on any atom is 0.308 e. The molecule has 0 aliphatic carbocycles. The van der Waals surface area contributed by atoms with Crippen LogP contribution in [0.15, 0.2) is 48.5 Å². The lowest BCUT2D eigenvalue weighted by Crippen LogP contribution is -2.56. The van der Waals surface area contributed by atoms with E-state index in [1.807, 2.05) is 0 Å². The number of aromatic hydroxyl groups is 1. The van der Waals surface area contributed by atoms with Crippen LogP contribution in [0.5, 0.6) is 11.5 Å². The molecular formula is C25H29N3O8. The number of nitrogens with one attached hydrogen (secondary N) is 3. The Hall–Kier alpha value is -4.12. The molecular weight excluding hydrogens is 470 g/mol. The van der Waals surface area contributed by atoms with E-state index in [1.54, 1.807) is 24.3 Å². The van der Waals surface area contributed by atoms with Crippen LogP contribution in [0.1, 0.15) is 29.3 Å². The Balaban J connectivity index is 1.73. The topological polar surface area (TPSA) is 163 Å². The number of ether oxygens (including phenoxy) is 2. The largest absolute Gasteiger partial charge is 0.508 e. The molecule has 1 fully saturated rings. The van der Waals surface area contributed by atoms with E-state index in [0.29, 0.717) is 11.3 Å². The van der Waals surface area contributed by atoms with E-state index in [-0.39, 0.29) is 17.7 Å². The van der Waals surface area contributed by atoms with Gasteiger partial charge in [0.2, 0.25) is 11.8 Å². The van der Waals surface area contributed by atoms with Gasteiger partial charge in [-0.25, -0.2) is 0 Å². The number of aliphatic hydroxyl groups is 1. The third-order valence-corrected chi connectivity index (χ3v) is 5.71. The lowest BCUT2D eigenvalue weighted by atomic mass is 9.98. The molecule has 5 N–H and O–H groups in total. The summed E-state index contributed by atoms with van der Waals surface area (Å²) >= 11 is 0. The van der Waals surface area contributed by atoms with Crippen molar-refractivity contribution in [3.8, 4) is 11.5 Å². The van der Waals surface area contributed by atoms with E-state index < -0.39 is 60.9 Å². The molecule has 0 radical (unpaired) electrons. The number of carbonyl (C=O) groups is 4. The number of hydrogen-bond acceptors (Lipinski definition) is 8. The van der Waals surface area contributed by atoms with Crippen LogP contribution in [0, 0.1) is 0 Å². The molecule has 4 atom stereocenters. The first-order valence-corrected chi connectivity index (χ1v) is 11.3. The van der Waals surface area contributed by atoms with Crippen molar-refractivity contribution in [3.05, 3.63) is 59.7 Å². The monoisotopic (exact) mass is 499 g/mol. The average Bonchev–Trinajstić information content (AvgIpc) is 2.85. The number of esters is 1. The molecule has 1 unspecified atom stereocenters. The quantitative estimate of drug-likeness (QED) is 0.360. The molecule has 36 heavy (non-hydrogen) atoms. The Morgan fingerprint density at radius 1 is 1.11 bits per heavy atom. The predicted molar refractivity (Wildman–Crippen MR) is 127 cm³/mol. The Bertz CT molecular complexity index is 1090. The van der Waals surface area contributed by atoms with Gasteiger partial charge in [0.25, 0.3) is 5.91 Å². The van der Waals surface area contributed by atoms with Gasteiger partial charge >= 0.3 is 5.97 Å². The summed E-state index contributed by atoms with van der Waals surface area (Å²) < 4.78 is 10.4. The molecule has 11 nitrogen and oxygen atoms in total. The van der Waals surface area contributed by atoms with Crippen molar-refractivity contribution in [2.24, 2.45) is 0 Å². The highest BCUT2D eigenvalue weighted by Crippen LogP contribution is 2.16.